The third-order valence-electron chi connectivity index (χ3n) is 2.97. The highest BCUT2D eigenvalue weighted by atomic mass is 32.1. The van der Waals surface area contributed by atoms with E-state index in [2.05, 4.69) is 10.4 Å². The van der Waals surface area contributed by atoms with Crippen LogP contribution in [0, 0.1) is 0 Å². The van der Waals surface area contributed by atoms with Gasteiger partial charge in [0.05, 0.1) is 12.7 Å². The first-order chi connectivity index (χ1) is 9.29. The van der Waals surface area contributed by atoms with Crippen LogP contribution in [0.1, 0.15) is 10.4 Å². The Balaban J connectivity index is 2.19. The van der Waals surface area contributed by atoms with Crippen molar-refractivity contribution < 1.29 is 9.53 Å². The van der Waals surface area contributed by atoms with Crippen molar-refractivity contribution >= 4 is 27.4 Å². The van der Waals surface area contributed by atoms with Crippen LogP contribution in [-0.4, -0.2) is 18.1 Å². The third kappa shape index (κ3) is 2.11. The number of methoxy groups -OCH3 is 1. The van der Waals surface area contributed by atoms with Gasteiger partial charge in [-0.3, -0.25) is 4.98 Å². The minimum Gasteiger partial charge on any atom is -0.465 e. The summed E-state index contributed by atoms with van der Waals surface area (Å²) in [7, 11) is 1.39. The van der Waals surface area contributed by atoms with Gasteiger partial charge in [0.25, 0.3) is 0 Å². The molecule has 0 unspecified atom stereocenters. The van der Waals surface area contributed by atoms with E-state index in [1.54, 1.807) is 23.6 Å². The fourth-order valence-corrected chi connectivity index (χ4v) is 2.97. The molecule has 0 aliphatic heterocycles. The highest BCUT2D eigenvalue weighted by Crippen LogP contribution is 2.34. The first-order valence-corrected chi connectivity index (χ1v) is 6.67. The SMILES string of the molecule is COC(=O)c1ccc2scc(-c3cccnc3)c2c1. The van der Waals surface area contributed by atoms with Gasteiger partial charge in [-0.25, -0.2) is 4.79 Å². The summed E-state index contributed by atoms with van der Waals surface area (Å²) in [6.45, 7) is 0. The second kappa shape index (κ2) is 4.82. The molecule has 0 N–H and O–H groups in total. The van der Waals surface area contributed by atoms with Crippen LogP contribution in [0.2, 0.25) is 0 Å². The molecule has 0 aliphatic rings. The van der Waals surface area contributed by atoms with E-state index in [0.29, 0.717) is 5.56 Å². The summed E-state index contributed by atoms with van der Waals surface area (Å²) in [4.78, 5) is 15.7. The maximum absolute atomic E-state index is 11.6. The van der Waals surface area contributed by atoms with Crippen molar-refractivity contribution in [2.45, 2.75) is 0 Å². The number of carbonyl (C=O) groups is 1. The van der Waals surface area contributed by atoms with Gasteiger partial charge >= 0.3 is 5.97 Å². The zero-order valence-electron chi connectivity index (χ0n) is 10.3. The Morgan fingerprint density at radius 1 is 1.32 bits per heavy atom. The molecule has 0 saturated heterocycles. The minimum atomic E-state index is -0.315. The predicted octanol–water partition coefficient (Wildman–Crippen LogP) is 3.75. The smallest absolute Gasteiger partial charge is 0.337 e. The first-order valence-electron chi connectivity index (χ1n) is 5.79. The van der Waals surface area contributed by atoms with Crippen molar-refractivity contribution in [3.8, 4) is 11.1 Å². The Morgan fingerprint density at radius 3 is 2.95 bits per heavy atom. The van der Waals surface area contributed by atoms with Gasteiger partial charge in [-0.15, -0.1) is 11.3 Å². The van der Waals surface area contributed by atoms with Gasteiger partial charge in [0.1, 0.15) is 0 Å². The molecule has 3 nitrogen and oxygen atoms in total. The number of hydrogen-bond donors (Lipinski definition) is 0. The van der Waals surface area contributed by atoms with Gasteiger partial charge in [-0.2, -0.15) is 0 Å². The van der Waals surface area contributed by atoms with Crippen LogP contribution in [0.15, 0.2) is 48.1 Å². The Kier molecular flexibility index (Phi) is 3.01. The second-order valence-corrected chi connectivity index (χ2v) is 5.00. The molecular formula is C15H11NO2S. The van der Waals surface area contributed by atoms with Crippen LogP contribution in [0.4, 0.5) is 0 Å². The zero-order chi connectivity index (χ0) is 13.2. The standard InChI is InChI=1S/C15H11NO2S/c1-18-15(17)10-4-5-14-12(7-10)13(9-19-14)11-3-2-6-16-8-11/h2-9H,1H3. The van der Waals surface area contributed by atoms with Gasteiger partial charge < -0.3 is 4.74 Å². The first kappa shape index (κ1) is 11.9. The van der Waals surface area contributed by atoms with E-state index in [1.165, 1.54) is 7.11 Å². The van der Waals surface area contributed by atoms with Crippen LogP contribution >= 0.6 is 11.3 Å². The fourth-order valence-electron chi connectivity index (χ4n) is 2.02. The van der Waals surface area contributed by atoms with Gasteiger partial charge in [-0.1, -0.05) is 6.07 Å². The minimum absolute atomic E-state index is 0.315. The van der Waals surface area contributed by atoms with Gasteiger partial charge in [-0.05, 0) is 29.6 Å². The molecule has 0 amide bonds. The summed E-state index contributed by atoms with van der Waals surface area (Å²) in [5.41, 5.74) is 2.72. The van der Waals surface area contributed by atoms with E-state index in [4.69, 9.17) is 4.74 Å². The fraction of sp³-hybridized carbons (Fsp3) is 0.0667. The molecule has 0 aliphatic carbocycles. The zero-order valence-corrected chi connectivity index (χ0v) is 11.1. The van der Waals surface area contributed by atoms with Crippen LogP contribution in [0.5, 0.6) is 0 Å². The summed E-state index contributed by atoms with van der Waals surface area (Å²) in [5.74, 6) is -0.315. The lowest BCUT2D eigenvalue weighted by Crippen LogP contribution is -2.00. The number of benzene rings is 1. The summed E-state index contributed by atoms with van der Waals surface area (Å²) in [6, 6.07) is 9.53. The normalized spacial score (nSPS) is 10.6. The average Bonchev–Trinajstić information content (AvgIpc) is 2.90. The Bertz CT molecular complexity index is 734. The number of hydrogen-bond acceptors (Lipinski definition) is 4. The van der Waals surface area contributed by atoms with E-state index in [9.17, 15) is 4.79 Å². The van der Waals surface area contributed by atoms with Crippen molar-refractivity contribution in [3.05, 3.63) is 53.7 Å². The summed E-state index contributed by atoms with van der Waals surface area (Å²) < 4.78 is 5.90. The summed E-state index contributed by atoms with van der Waals surface area (Å²) in [6.07, 6.45) is 3.57. The predicted molar refractivity (Wildman–Crippen MR) is 76.4 cm³/mol. The highest BCUT2D eigenvalue weighted by molar-refractivity contribution is 7.17. The van der Waals surface area contributed by atoms with Gasteiger partial charge in [0, 0.05) is 33.6 Å². The highest BCUT2D eigenvalue weighted by Gasteiger charge is 2.11. The molecule has 0 atom stereocenters. The largest absolute Gasteiger partial charge is 0.465 e. The number of aromatic nitrogens is 1. The lowest BCUT2D eigenvalue weighted by atomic mass is 10.0. The molecule has 19 heavy (non-hydrogen) atoms. The lowest BCUT2D eigenvalue weighted by Gasteiger charge is -2.02. The lowest BCUT2D eigenvalue weighted by molar-refractivity contribution is 0.0601. The number of pyridine rings is 1. The molecular weight excluding hydrogens is 258 g/mol. The van der Waals surface area contributed by atoms with E-state index in [-0.39, 0.29) is 5.97 Å². The van der Waals surface area contributed by atoms with Crippen LogP contribution in [0.25, 0.3) is 21.2 Å². The Hall–Kier alpha value is -2.20. The topological polar surface area (TPSA) is 39.2 Å². The molecule has 0 spiro atoms. The molecule has 3 aromatic rings. The maximum atomic E-state index is 11.6. The van der Waals surface area contributed by atoms with E-state index in [1.807, 2.05) is 30.5 Å². The van der Waals surface area contributed by atoms with Crippen molar-refractivity contribution in [2.75, 3.05) is 7.11 Å². The van der Waals surface area contributed by atoms with Crippen LogP contribution in [-0.2, 0) is 4.74 Å². The Morgan fingerprint density at radius 2 is 2.21 bits per heavy atom. The Labute approximate surface area is 114 Å². The van der Waals surface area contributed by atoms with E-state index in [0.717, 1.165) is 21.2 Å². The van der Waals surface area contributed by atoms with Crippen molar-refractivity contribution in [3.63, 3.8) is 0 Å². The number of ether oxygens (including phenoxy) is 1. The van der Waals surface area contributed by atoms with Crippen LogP contribution < -0.4 is 0 Å². The molecule has 2 heterocycles. The number of rotatable bonds is 2. The average molecular weight is 269 g/mol. The maximum Gasteiger partial charge on any atom is 0.337 e. The second-order valence-electron chi connectivity index (χ2n) is 4.09. The van der Waals surface area contributed by atoms with Crippen molar-refractivity contribution in [2.24, 2.45) is 0 Å². The molecule has 0 fully saturated rings. The van der Waals surface area contributed by atoms with E-state index < -0.39 is 0 Å². The van der Waals surface area contributed by atoms with Crippen molar-refractivity contribution in [1.29, 1.82) is 0 Å². The summed E-state index contributed by atoms with van der Waals surface area (Å²) >= 11 is 1.66. The quantitative estimate of drug-likeness (QED) is 0.665. The molecule has 94 valence electrons. The molecule has 0 bridgehead atoms. The molecule has 4 heteroatoms. The van der Waals surface area contributed by atoms with Crippen LogP contribution in [0.3, 0.4) is 0 Å². The van der Waals surface area contributed by atoms with Gasteiger partial charge in [0.15, 0.2) is 0 Å². The number of thiophene rings is 1. The number of esters is 1. The monoisotopic (exact) mass is 269 g/mol. The summed E-state index contributed by atoms with van der Waals surface area (Å²) in [5, 5.41) is 3.14. The van der Waals surface area contributed by atoms with Gasteiger partial charge in [0.2, 0.25) is 0 Å². The molecule has 2 aromatic heterocycles. The molecule has 0 radical (unpaired) electrons. The molecule has 0 saturated carbocycles. The van der Waals surface area contributed by atoms with E-state index >= 15 is 0 Å². The number of nitrogens with zero attached hydrogens (tertiary/aromatic N) is 1. The van der Waals surface area contributed by atoms with Crippen molar-refractivity contribution in [1.82, 2.24) is 4.98 Å². The molecule has 1 aromatic carbocycles. The number of carbonyl (C=O) groups excluding carboxylic acids is 1. The number of fused-ring (bicyclic) bond motifs is 1. The third-order valence-corrected chi connectivity index (χ3v) is 3.93. The molecule has 3 rings (SSSR count).